The molecule has 3 aromatic carbocycles. The van der Waals surface area contributed by atoms with Crippen molar-refractivity contribution in [3.63, 3.8) is 0 Å². The lowest BCUT2D eigenvalue weighted by Crippen LogP contribution is -2.02. The second-order valence-corrected chi connectivity index (χ2v) is 5.84. The number of hydrogen-bond acceptors (Lipinski definition) is 5. The first-order valence-corrected chi connectivity index (χ1v) is 7.99. The Morgan fingerprint density at radius 3 is 2.42 bits per heavy atom. The largest absolute Gasteiger partial charge is 0.507 e. The predicted molar refractivity (Wildman–Crippen MR) is 99.7 cm³/mol. The normalized spacial score (nSPS) is 11.6. The highest BCUT2D eigenvalue weighted by molar-refractivity contribution is 5.80. The number of nitrogens with zero attached hydrogens (tertiary/aromatic N) is 1. The average molecular weight is 346 g/mol. The van der Waals surface area contributed by atoms with Gasteiger partial charge >= 0.3 is 0 Å². The molecular formula is C21H18N2O3. The topological polar surface area (TPSA) is 99.5 Å². The molecule has 4 N–H and O–H groups in total. The monoisotopic (exact) mass is 346 g/mol. The molecule has 5 heteroatoms. The number of phenols is 1. The van der Waals surface area contributed by atoms with Gasteiger partial charge in [-0.15, -0.1) is 0 Å². The van der Waals surface area contributed by atoms with E-state index in [4.69, 9.17) is 15.7 Å². The fraction of sp³-hybridized carbons (Fsp3) is 0.0952. The number of rotatable bonds is 4. The third-order valence-corrected chi connectivity index (χ3v) is 4.22. The van der Waals surface area contributed by atoms with Gasteiger partial charge < -0.3 is 20.7 Å². The summed E-state index contributed by atoms with van der Waals surface area (Å²) < 4.78 is 5.37. The smallest absolute Gasteiger partial charge is 0.133 e. The minimum absolute atomic E-state index is 0.0770. The van der Waals surface area contributed by atoms with Crippen LogP contribution in [-0.4, -0.2) is 17.3 Å². The Balaban J connectivity index is 2.11. The van der Waals surface area contributed by atoms with Crippen molar-refractivity contribution < 1.29 is 14.9 Å². The number of hydrogen-bond donors (Lipinski definition) is 3. The Morgan fingerprint density at radius 1 is 1.08 bits per heavy atom. The van der Waals surface area contributed by atoms with Gasteiger partial charge in [0.1, 0.15) is 17.6 Å². The molecule has 0 aliphatic rings. The number of nitriles is 1. The molecule has 0 bridgehead atoms. The number of benzene rings is 3. The molecule has 0 fully saturated rings. The molecule has 5 nitrogen and oxygen atoms in total. The molecule has 0 spiro atoms. The molecule has 0 saturated heterocycles. The lowest BCUT2D eigenvalue weighted by Gasteiger charge is -2.18. The molecule has 3 rings (SSSR count). The number of anilines is 1. The van der Waals surface area contributed by atoms with Crippen molar-refractivity contribution in [2.24, 2.45) is 0 Å². The first-order valence-electron chi connectivity index (χ1n) is 7.99. The van der Waals surface area contributed by atoms with Crippen molar-refractivity contribution in [2.45, 2.75) is 6.10 Å². The Hall–Kier alpha value is -3.49. The minimum atomic E-state index is -1.05. The first-order chi connectivity index (χ1) is 12.5. The molecule has 26 heavy (non-hydrogen) atoms. The van der Waals surface area contributed by atoms with E-state index in [2.05, 4.69) is 0 Å². The third kappa shape index (κ3) is 3.18. The number of ether oxygens (including phenoxy) is 1. The minimum Gasteiger partial charge on any atom is -0.507 e. The molecule has 0 heterocycles. The van der Waals surface area contributed by atoms with Crippen LogP contribution in [0.1, 0.15) is 22.8 Å². The summed E-state index contributed by atoms with van der Waals surface area (Å²) in [5.74, 6) is 0.399. The van der Waals surface area contributed by atoms with Crippen molar-refractivity contribution in [3.05, 3.63) is 77.4 Å². The zero-order chi connectivity index (χ0) is 18.7. The molecule has 0 aliphatic heterocycles. The van der Waals surface area contributed by atoms with Crippen LogP contribution < -0.4 is 10.5 Å². The summed E-state index contributed by atoms with van der Waals surface area (Å²) in [5.41, 5.74) is 8.98. The van der Waals surface area contributed by atoms with E-state index < -0.39 is 6.10 Å². The molecule has 3 aromatic rings. The van der Waals surface area contributed by atoms with Crippen LogP contribution in [0.2, 0.25) is 0 Å². The Morgan fingerprint density at radius 2 is 1.81 bits per heavy atom. The van der Waals surface area contributed by atoms with Gasteiger partial charge in [0.25, 0.3) is 0 Å². The van der Waals surface area contributed by atoms with Crippen LogP contribution in [0.15, 0.2) is 60.7 Å². The fourth-order valence-electron chi connectivity index (χ4n) is 2.87. The van der Waals surface area contributed by atoms with E-state index >= 15 is 0 Å². The number of aliphatic hydroxyl groups is 1. The highest BCUT2D eigenvalue weighted by Crippen LogP contribution is 2.43. The summed E-state index contributed by atoms with van der Waals surface area (Å²) in [6.07, 6.45) is -1.05. The van der Waals surface area contributed by atoms with Gasteiger partial charge in [-0.05, 0) is 47.5 Å². The molecule has 1 unspecified atom stereocenters. The highest BCUT2D eigenvalue weighted by Gasteiger charge is 2.21. The van der Waals surface area contributed by atoms with Crippen LogP contribution in [0.4, 0.5) is 5.69 Å². The summed E-state index contributed by atoms with van der Waals surface area (Å²) in [4.78, 5) is 0. The van der Waals surface area contributed by atoms with Crippen molar-refractivity contribution >= 4 is 5.69 Å². The Labute approximate surface area is 151 Å². The lowest BCUT2D eigenvalue weighted by molar-refractivity contribution is 0.215. The van der Waals surface area contributed by atoms with Gasteiger partial charge in [0.05, 0.1) is 24.3 Å². The van der Waals surface area contributed by atoms with Crippen molar-refractivity contribution in [1.82, 2.24) is 0 Å². The predicted octanol–water partition coefficient (Wildman–Crippen LogP) is 3.60. The number of methoxy groups -OCH3 is 1. The molecule has 0 aliphatic carbocycles. The second-order valence-electron chi connectivity index (χ2n) is 5.84. The van der Waals surface area contributed by atoms with Crippen LogP contribution in [0.25, 0.3) is 11.1 Å². The van der Waals surface area contributed by atoms with E-state index in [0.717, 1.165) is 0 Å². The molecule has 0 aromatic heterocycles. The summed E-state index contributed by atoms with van der Waals surface area (Å²) in [7, 11) is 1.52. The van der Waals surface area contributed by atoms with Crippen LogP contribution in [-0.2, 0) is 0 Å². The van der Waals surface area contributed by atoms with Gasteiger partial charge in [-0.3, -0.25) is 0 Å². The summed E-state index contributed by atoms with van der Waals surface area (Å²) >= 11 is 0. The van der Waals surface area contributed by atoms with Gasteiger partial charge in [0.2, 0.25) is 0 Å². The van der Waals surface area contributed by atoms with Crippen LogP contribution >= 0.6 is 0 Å². The zero-order valence-corrected chi connectivity index (χ0v) is 14.2. The summed E-state index contributed by atoms with van der Waals surface area (Å²) in [6.45, 7) is 0. The fourth-order valence-corrected chi connectivity index (χ4v) is 2.87. The van der Waals surface area contributed by atoms with Crippen LogP contribution in [0.5, 0.6) is 11.5 Å². The highest BCUT2D eigenvalue weighted by atomic mass is 16.5. The number of aromatic hydroxyl groups is 1. The summed E-state index contributed by atoms with van der Waals surface area (Å²) in [6, 6.07) is 19.0. The van der Waals surface area contributed by atoms with Crippen molar-refractivity contribution in [2.75, 3.05) is 12.8 Å². The Bertz CT molecular complexity index is 976. The van der Waals surface area contributed by atoms with Gasteiger partial charge in [0.15, 0.2) is 0 Å². The standard InChI is InChI=1S/C21H18N2O3/c1-26-18-10-9-17(20(24)14-7-5-13(12-22)6-8-14)21(25)19(18)15-3-2-4-16(23)11-15/h2-11,20,24-25H,23H2,1H3. The quantitative estimate of drug-likeness (QED) is 0.627. The van der Waals surface area contributed by atoms with Crippen molar-refractivity contribution in [1.29, 1.82) is 5.26 Å². The molecule has 0 radical (unpaired) electrons. The molecule has 1 atom stereocenters. The first kappa shape index (κ1) is 17.3. The van der Waals surface area contributed by atoms with E-state index in [1.807, 2.05) is 12.1 Å². The van der Waals surface area contributed by atoms with Gasteiger partial charge in [0, 0.05) is 11.3 Å². The molecular weight excluding hydrogens is 328 g/mol. The van der Waals surface area contributed by atoms with E-state index in [1.165, 1.54) is 7.11 Å². The molecule has 130 valence electrons. The van der Waals surface area contributed by atoms with Gasteiger partial charge in [-0.1, -0.05) is 24.3 Å². The molecule has 0 amide bonds. The van der Waals surface area contributed by atoms with Crippen molar-refractivity contribution in [3.8, 4) is 28.7 Å². The van der Waals surface area contributed by atoms with Gasteiger partial charge in [-0.2, -0.15) is 5.26 Å². The third-order valence-electron chi connectivity index (χ3n) is 4.22. The maximum absolute atomic E-state index is 10.8. The number of aliphatic hydroxyl groups excluding tert-OH is 1. The molecule has 0 saturated carbocycles. The van der Waals surface area contributed by atoms with Crippen LogP contribution in [0.3, 0.4) is 0 Å². The summed E-state index contributed by atoms with van der Waals surface area (Å²) in [5, 5.41) is 30.5. The zero-order valence-electron chi connectivity index (χ0n) is 14.2. The number of nitrogens with two attached hydrogens (primary N) is 1. The van der Waals surface area contributed by atoms with E-state index in [1.54, 1.807) is 54.6 Å². The van der Waals surface area contributed by atoms with E-state index in [9.17, 15) is 10.2 Å². The Kier molecular flexibility index (Phi) is 4.78. The number of nitrogen functional groups attached to an aromatic ring is 1. The van der Waals surface area contributed by atoms with Crippen LogP contribution in [0, 0.1) is 11.3 Å². The number of phenolic OH excluding ortho intramolecular Hbond substituents is 1. The van der Waals surface area contributed by atoms with Gasteiger partial charge in [-0.25, -0.2) is 0 Å². The SMILES string of the molecule is COc1ccc(C(O)c2ccc(C#N)cc2)c(O)c1-c1cccc(N)c1. The van der Waals surface area contributed by atoms with E-state index in [-0.39, 0.29) is 5.75 Å². The maximum Gasteiger partial charge on any atom is 0.133 e. The van der Waals surface area contributed by atoms with E-state index in [0.29, 0.717) is 39.3 Å². The second kappa shape index (κ2) is 7.18. The lowest BCUT2D eigenvalue weighted by atomic mass is 9.94. The maximum atomic E-state index is 10.8. The average Bonchev–Trinajstić information content (AvgIpc) is 2.67.